The second-order valence-corrected chi connectivity index (χ2v) is 7.51. The summed E-state index contributed by atoms with van der Waals surface area (Å²) in [6, 6.07) is 0.157. The fraction of sp³-hybridized carbons (Fsp3) is 0.882. The smallest absolute Gasteiger partial charge is 0.241 e. The van der Waals surface area contributed by atoms with Crippen molar-refractivity contribution in [3.63, 3.8) is 0 Å². The zero-order chi connectivity index (χ0) is 17.3. The number of halogens is 1. The monoisotopic (exact) mass is 361 g/mol. The van der Waals surface area contributed by atoms with Crippen LogP contribution in [0.3, 0.4) is 0 Å². The summed E-state index contributed by atoms with van der Waals surface area (Å²) in [6.07, 6.45) is 3.09. The van der Waals surface area contributed by atoms with E-state index in [1.165, 1.54) is 0 Å². The summed E-state index contributed by atoms with van der Waals surface area (Å²) in [5.74, 6) is -0.136. The third-order valence-corrected chi connectivity index (χ3v) is 5.72. The van der Waals surface area contributed by atoms with E-state index in [0.29, 0.717) is 6.54 Å². The van der Waals surface area contributed by atoms with E-state index in [1.807, 2.05) is 27.7 Å². The molecule has 2 aliphatic rings. The molecule has 140 valence electrons. The zero-order valence-corrected chi connectivity index (χ0v) is 16.0. The van der Waals surface area contributed by atoms with Gasteiger partial charge < -0.3 is 21.1 Å². The summed E-state index contributed by atoms with van der Waals surface area (Å²) in [6.45, 7) is 9.04. The molecule has 24 heavy (non-hydrogen) atoms. The maximum Gasteiger partial charge on any atom is 0.241 e. The molecule has 1 heterocycles. The number of ether oxygens (including phenoxy) is 1. The molecule has 0 spiro atoms. The molecule has 1 aliphatic heterocycles. The molecule has 2 amide bonds. The standard InChI is InChI=1S/C17H31N3O3.ClH/c1-5-11(2)20-13(21)8-9-19-15(22)17(18)12-7-6-10-23-14(12)16(17,3)4;/h11-12,14H,5-10,18H2,1-4H3,(H,19,22)(H,20,21);1H. The second-order valence-electron chi connectivity index (χ2n) is 7.51. The van der Waals surface area contributed by atoms with Crippen molar-refractivity contribution in [2.45, 2.75) is 71.1 Å². The van der Waals surface area contributed by atoms with Crippen molar-refractivity contribution in [2.75, 3.05) is 13.2 Å². The zero-order valence-electron chi connectivity index (χ0n) is 15.2. The van der Waals surface area contributed by atoms with Gasteiger partial charge in [0.25, 0.3) is 0 Å². The first-order chi connectivity index (χ1) is 10.7. The van der Waals surface area contributed by atoms with Gasteiger partial charge >= 0.3 is 0 Å². The summed E-state index contributed by atoms with van der Waals surface area (Å²) in [7, 11) is 0. The highest BCUT2D eigenvalue weighted by molar-refractivity contribution is 5.90. The van der Waals surface area contributed by atoms with Crippen molar-refractivity contribution in [1.82, 2.24) is 10.6 Å². The first-order valence-electron chi connectivity index (χ1n) is 8.73. The van der Waals surface area contributed by atoms with E-state index >= 15 is 0 Å². The fourth-order valence-electron chi connectivity index (χ4n) is 3.92. The highest BCUT2D eigenvalue weighted by Gasteiger charge is 2.70. The quantitative estimate of drug-likeness (QED) is 0.666. The van der Waals surface area contributed by atoms with Gasteiger partial charge in [-0.2, -0.15) is 0 Å². The van der Waals surface area contributed by atoms with Crippen molar-refractivity contribution in [3.05, 3.63) is 0 Å². The number of nitrogens with one attached hydrogen (secondary N) is 2. The van der Waals surface area contributed by atoms with Crippen molar-refractivity contribution in [2.24, 2.45) is 17.1 Å². The van der Waals surface area contributed by atoms with Crippen LogP contribution in [0.5, 0.6) is 0 Å². The van der Waals surface area contributed by atoms with Gasteiger partial charge in [-0.15, -0.1) is 12.4 Å². The summed E-state index contributed by atoms with van der Waals surface area (Å²) >= 11 is 0. The van der Waals surface area contributed by atoms with Crippen LogP contribution in [0.1, 0.15) is 53.4 Å². The molecule has 2 rings (SSSR count). The Bertz CT molecular complexity index is 472. The molecule has 0 aromatic carbocycles. The van der Waals surface area contributed by atoms with Crippen molar-refractivity contribution in [1.29, 1.82) is 0 Å². The van der Waals surface area contributed by atoms with E-state index < -0.39 is 5.54 Å². The van der Waals surface area contributed by atoms with Crippen molar-refractivity contribution < 1.29 is 14.3 Å². The van der Waals surface area contributed by atoms with Gasteiger partial charge in [-0.3, -0.25) is 9.59 Å². The van der Waals surface area contributed by atoms with E-state index in [-0.39, 0.29) is 54.1 Å². The lowest BCUT2D eigenvalue weighted by Crippen LogP contribution is -2.82. The number of hydrogen-bond acceptors (Lipinski definition) is 4. The number of fused-ring (bicyclic) bond motifs is 1. The molecule has 1 saturated carbocycles. The number of carbonyl (C=O) groups is 2. The molecule has 6 nitrogen and oxygen atoms in total. The van der Waals surface area contributed by atoms with Crippen molar-refractivity contribution >= 4 is 24.2 Å². The Morgan fingerprint density at radius 1 is 1.38 bits per heavy atom. The number of nitrogens with two attached hydrogens (primary N) is 1. The molecule has 4 atom stereocenters. The molecular formula is C17H32ClN3O3. The van der Waals surface area contributed by atoms with Gasteiger partial charge in [0, 0.05) is 36.9 Å². The third-order valence-electron chi connectivity index (χ3n) is 5.72. The van der Waals surface area contributed by atoms with Gasteiger partial charge in [-0.1, -0.05) is 20.8 Å². The summed E-state index contributed by atoms with van der Waals surface area (Å²) in [4.78, 5) is 24.4. The number of carbonyl (C=O) groups excluding carboxylic acids is 2. The second kappa shape index (κ2) is 8.02. The molecule has 4 unspecified atom stereocenters. The van der Waals surface area contributed by atoms with Gasteiger partial charge in [-0.05, 0) is 26.2 Å². The van der Waals surface area contributed by atoms with Crippen LogP contribution in [0.15, 0.2) is 0 Å². The molecule has 0 radical (unpaired) electrons. The van der Waals surface area contributed by atoms with Crippen LogP contribution in [-0.4, -0.2) is 42.7 Å². The summed E-state index contributed by atoms with van der Waals surface area (Å²) in [5.41, 5.74) is 5.21. The lowest BCUT2D eigenvalue weighted by atomic mass is 9.46. The van der Waals surface area contributed by atoms with Gasteiger partial charge in [0.2, 0.25) is 11.8 Å². The molecule has 1 aliphatic carbocycles. The topological polar surface area (TPSA) is 93.5 Å². The van der Waals surface area contributed by atoms with Gasteiger partial charge in [-0.25, -0.2) is 0 Å². The van der Waals surface area contributed by atoms with E-state index in [0.717, 1.165) is 25.9 Å². The van der Waals surface area contributed by atoms with Crippen LogP contribution in [0.2, 0.25) is 0 Å². The minimum absolute atomic E-state index is 0. The molecular weight excluding hydrogens is 330 g/mol. The van der Waals surface area contributed by atoms with Crippen LogP contribution in [0.4, 0.5) is 0 Å². The van der Waals surface area contributed by atoms with Crippen LogP contribution < -0.4 is 16.4 Å². The molecule has 0 aromatic rings. The Hall–Kier alpha value is -0.850. The SMILES string of the molecule is CCC(C)NC(=O)CCNC(=O)C1(N)C2CCCOC2C1(C)C.Cl. The average molecular weight is 362 g/mol. The maximum absolute atomic E-state index is 12.7. The summed E-state index contributed by atoms with van der Waals surface area (Å²) < 4.78 is 5.81. The Morgan fingerprint density at radius 2 is 2.04 bits per heavy atom. The molecule has 2 fully saturated rings. The molecule has 0 bridgehead atoms. The van der Waals surface area contributed by atoms with Crippen molar-refractivity contribution in [3.8, 4) is 0 Å². The molecule has 0 aromatic heterocycles. The Kier molecular flexibility index (Phi) is 7.08. The molecule has 4 N–H and O–H groups in total. The predicted molar refractivity (Wildman–Crippen MR) is 95.9 cm³/mol. The highest BCUT2D eigenvalue weighted by atomic mass is 35.5. The Balaban J connectivity index is 0.00000288. The maximum atomic E-state index is 12.7. The molecule has 7 heteroatoms. The number of amides is 2. The van der Waals surface area contributed by atoms with E-state index in [1.54, 1.807) is 0 Å². The normalized spacial score (nSPS) is 31.7. The number of rotatable bonds is 6. The number of hydrogen-bond donors (Lipinski definition) is 3. The first-order valence-corrected chi connectivity index (χ1v) is 8.73. The average Bonchev–Trinajstić information content (AvgIpc) is 2.53. The fourth-order valence-corrected chi connectivity index (χ4v) is 3.92. The Morgan fingerprint density at radius 3 is 2.67 bits per heavy atom. The molecule has 1 saturated heterocycles. The van der Waals surface area contributed by atoms with Gasteiger partial charge in [0.05, 0.1) is 6.10 Å². The lowest BCUT2D eigenvalue weighted by Gasteiger charge is -2.65. The van der Waals surface area contributed by atoms with Crippen LogP contribution >= 0.6 is 12.4 Å². The minimum Gasteiger partial charge on any atom is -0.377 e. The van der Waals surface area contributed by atoms with Gasteiger partial charge in [0.15, 0.2) is 0 Å². The highest BCUT2D eigenvalue weighted by Crippen LogP contribution is 2.57. The largest absolute Gasteiger partial charge is 0.377 e. The predicted octanol–water partition coefficient (Wildman–Crippen LogP) is 1.36. The lowest BCUT2D eigenvalue weighted by molar-refractivity contribution is -0.225. The van der Waals surface area contributed by atoms with E-state index in [4.69, 9.17) is 10.5 Å². The van der Waals surface area contributed by atoms with E-state index in [9.17, 15) is 9.59 Å². The van der Waals surface area contributed by atoms with Crippen LogP contribution in [0, 0.1) is 11.3 Å². The minimum atomic E-state index is -0.911. The van der Waals surface area contributed by atoms with E-state index in [2.05, 4.69) is 10.6 Å². The van der Waals surface area contributed by atoms with Crippen LogP contribution in [-0.2, 0) is 14.3 Å². The Labute approximate surface area is 151 Å². The first kappa shape index (κ1) is 21.2. The summed E-state index contributed by atoms with van der Waals surface area (Å²) in [5, 5.41) is 5.75. The third kappa shape index (κ3) is 3.55. The van der Waals surface area contributed by atoms with Gasteiger partial charge in [0.1, 0.15) is 5.54 Å². The van der Waals surface area contributed by atoms with Crippen LogP contribution in [0.25, 0.3) is 0 Å².